The maximum absolute atomic E-state index is 11.8. The van der Waals surface area contributed by atoms with Crippen molar-refractivity contribution in [2.45, 2.75) is 27.2 Å². The van der Waals surface area contributed by atoms with E-state index >= 15 is 0 Å². The van der Waals surface area contributed by atoms with Crippen LogP contribution < -0.4 is 11.1 Å². The van der Waals surface area contributed by atoms with Crippen molar-refractivity contribution in [3.05, 3.63) is 29.6 Å². The molecule has 0 aliphatic carbocycles. The van der Waals surface area contributed by atoms with Gasteiger partial charge in [-0.3, -0.25) is 9.78 Å². The van der Waals surface area contributed by atoms with E-state index in [1.807, 2.05) is 0 Å². The molecule has 0 radical (unpaired) electrons. The maximum atomic E-state index is 11.8. The number of pyridine rings is 1. The molecule has 0 fully saturated rings. The first-order valence-corrected chi connectivity index (χ1v) is 6.05. The molecule has 104 valence electrons. The Labute approximate surface area is 112 Å². The second kappa shape index (κ2) is 6.17. The third-order valence-electron chi connectivity index (χ3n) is 2.56. The van der Waals surface area contributed by atoms with Crippen LogP contribution in [0.25, 0.3) is 0 Å². The van der Waals surface area contributed by atoms with Crippen molar-refractivity contribution >= 4 is 11.7 Å². The van der Waals surface area contributed by atoms with Gasteiger partial charge in [0, 0.05) is 18.3 Å². The van der Waals surface area contributed by atoms with Crippen LogP contribution in [-0.2, 0) is 0 Å². The van der Waals surface area contributed by atoms with Gasteiger partial charge in [0.25, 0.3) is 5.91 Å². The van der Waals surface area contributed by atoms with Crippen LogP contribution in [0.5, 0.6) is 0 Å². The molecule has 0 aliphatic heterocycles. The molecule has 4 N–H and O–H groups in total. The van der Waals surface area contributed by atoms with E-state index in [1.54, 1.807) is 12.1 Å². The number of rotatable bonds is 4. The van der Waals surface area contributed by atoms with Crippen molar-refractivity contribution in [3.8, 4) is 0 Å². The number of hydrogen-bond acceptors (Lipinski definition) is 4. The second-order valence-electron chi connectivity index (χ2n) is 5.48. The summed E-state index contributed by atoms with van der Waals surface area (Å²) in [5.74, 6) is -0.262. The zero-order valence-corrected chi connectivity index (χ0v) is 11.5. The van der Waals surface area contributed by atoms with E-state index in [0.717, 1.165) is 6.42 Å². The van der Waals surface area contributed by atoms with E-state index < -0.39 is 0 Å². The molecular formula is C13H20N4O2. The second-order valence-corrected chi connectivity index (χ2v) is 5.48. The van der Waals surface area contributed by atoms with Gasteiger partial charge in [-0.1, -0.05) is 25.9 Å². The van der Waals surface area contributed by atoms with Gasteiger partial charge in [-0.15, -0.1) is 0 Å². The quantitative estimate of drug-likeness (QED) is 0.330. The van der Waals surface area contributed by atoms with E-state index in [2.05, 4.69) is 36.2 Å². The Hall–Kier alpha value is -2.11. The molecule has 0 spiro atoms. The SMILES string of the molecule is CC(C)(C)CCNC(=O)c1ccc(/C(N)=N/O)cn1. The van der Waals surface area contributed by atoms with Gasteiger partial charge >= 0.3 is 0 Å². The number of oxime groups is 1. The molecule has 1 aromatic rings. The minimum absolute atomic E-state index is 0.0350. The van der Waals surface area contributed by atoms with Crippen LogP contribution in [0.4, 0.5) is 0 Å². The first-order valence-electron chi connectivity index (χ1n) is 6.05. The van der Waals surface area contributed by atoms with Crippen molar-refractivity contribution in [1.82, 2.24) is 10.3 Å². The maximum Gasteiger partial charge on any atom is 0.269 e. The fourth-order valence-electron chi connectivity index (χ4n) is 1.38. The molecule has 6 nitrogen and oxygen atoms in total. The van der Waals surface area contributed by atoms with Crippen LogP contribution in [0.1, 0.15) is 43.2 Å². The smallest absolute Gasteiger partial charge is 0.269 e. The van der Waals surface area contributed by atoms with E-state index in [9.17, 15) is 4.79 Å². The fraction of sp³-hybridized carbons (Fsp3) is 0.462. The minimum Gasteiger partial charge on any atom is -0.409 e. The van der Waals surface area contributed by atoms with Gasteiger partial charge in [-0.25, -0.2) is 0 Å². The molecule has 0 atom stereocenters. The number of amides is 1. The molecule has 1 heterocycles. The number of carbonyl (C=O) groups excluding carboxylic acids is 1. The average molecular weight is 264 g/mol. The number of hydrogen-bond donors (Lipinski definition) is 3. The van der Waals surface area contributed by atoms with Gasteiger partial charge in [0.2, 0.25) is 0 Å². The van der Waals surface area contributed by atoms with Gasteiger partial charge in [0.15, 0.2) is 5.84 Å². The zero-order chi connectivity index (χ0) is 14.5. The Morgan fingerprint density at radius 3 is 2.63 bits per heavy atom. The molecule has 1 amide bonds. The van der Waals surface area contributed by atoms with Crippen LogP contribution in [0.3, 0.4) is 0 Å². The number of amidine groups is 1. The molecule has 0 saturated carbocycles. The lowest BCUT2D eigenvalue weighted by molar-refractivity contribution is 0.0944. The van der Waals surface area contributed by atoms with Gasteiger partial charge < -0.3 is 16.3 Å². The molecule has 0 aromatic carbocycles. The summed E-state index contributed by atoms with van der Waals surface area (Å²) in [7, 11) is 0. The summed E-state index contributed by atoms with van der Waals surface area (Å²) in [6.07, 6.45) is 2.29. The van der Waals surface area contributed by atoms with E-state index in [1.165, 1.54) is 6.20 Å². The van der Waals surface area contributed by atoms with Crippen molar-refractivity contribution in [2.75, 3.05) is 6.54 Å². The molecule has 1 aromatic heterocycles. The molecular weight excluding hydrogens is 244 g/mol. The van der Waals surface area contributed by atoms with Crippen LogP contribution >= 0.6 is 0 Å². The predicted octanol–water partition coefficient (Wildman–Crippen LogP) is 1.34. The molecule has 0 aliphatic rings. The Morgan fingerprint density at radius 2 is 2.16 bits per heavy atom. The Kier molecular flexibility index (Phi) is 4.86. The number of aromatic nitrogens is 1. The highest BCUT2D eigenvalue weighted by Crippen LogP contribution is 2.16. The van der Waals surface area contributed by atoms with E-state index in [0.29, 0.717) is 17.8 Å². The highest BCUT2D eigenvalue weighted by molar-refractivity contribution is 5.98. The van der Waals surface area contributed by atoms with Crippen LogP contribution in [0.2, 0.25) is 0 Å². The van der Waals surface area contributed by atoms with Gasteiger partial charge in [-0.2, -0.15) is 0 Å². The Bertz CT molecular complexity index is 461. The average Bonchev–Trinajstić information content (AvgIpc) is 2.36. The third kappa shape index (κ3) is 4.95. The summed E-state index contributed by atoms with van der Waals surface area (Å²) in [5, 5.41) is 14.2. The zero-order valence-electron chi connectivity index (χ0n) is 11.5. The standard InChI is InChI=1S/C13H20N4O2/c1-13(2,3)6-7-15-12(18)10-5-4-9(8-16-10)11(14)17-19/h4-5,8,19H,6-7H2,1-3H3,(H2,14,17)(H,15,18). The van der Waals surface area contributed by atoms with Crippen LogP contribution in [-0.4, -0.2) is 28.5 Å². The summed E-state index contributed by atoms with van der Waals surface area (Å²) < 4.78 is 0. The number of nitrogens with one attached hydrogen (secondary N) is 1. The first-order chi connectivity index (χ1) is 8.83. The number of carbonyl (C=O) groups is 1. The Morgan fingerprint density at radius 1 is 1.47 bits per heavy atom. The molecule has 6 heteroatoms. The molecule has 0 bridgehead atoms. The van der Waals surface area contributed by atoms with Crippen LogP contribution in [0, 0.1) is 5.41 Å². The van der Waals surface area contributed by atoms with Gasteiger partial charge in [0.05, 0.1) is 0 Å². The monoisotopic (exact) mass is 264 g/mol. The van der Waals surface area contributed by atoms with Crippen LogP contribution in [0.15, 0.2) is 23.5 Å². The highest BCUT2D eigenvalue weighted by atomic mass is 16.4. The fourth-order valence-corrected chi connectivity index (χ4v) is 1.38. The molecule has 19 heavy (non-hydrogen) atoms. The van der Waals surface area contributed by atoms with Crippen molar-refractivity contribution in [3.63, 3.8) is 0 Å². The lowest BCUT2D eigenvalue weighted by Crippen LogP contribution is -2.28. The minimum atomic E-state index is -0.227. The lowest BCUT2D eigenvalue weighted by Gasteiger charge is -2.17. The van der Waals surface area contributed by atoms with Gasteiger partial charge in [0.1, 0.15) is 5.69 Å². The Balaban J connectivity index is 2.59. The molecule has 1 rings (SSSR count). The summed E-state index contributed by atoms with van der Waals surface area (Å²) in [5.41, 5.74) is 6.36. The van der Waals surface area contributed by atoms with Crippen molar-refractivity contribution in [2.24, 2.45) is 16.3 Å². The summed E-state index contributed by atoms with van der Waals surface area (Å²) in [6.45, 7) is 6.95. The first kappa shape index (κ1) is 14.9. The summed E-state index contributed by atoms with van der Waals surface area (Å²) in [4.78, 5) is 15.8. The van der Waals surface area contributed by atoms with Crippen molar-refractivity contribution in [1.29, 1.82) is 0 Å². The predicted molar refractivity (Wildman–Crippen MR) is 73.2 cm³/mol. The third-order valence-corrected chi connectivity index (χ3v) is 2.56. The summed E-state index contributed by atoms with van der Waals surface area (Å²) in [6, 6.07) is 3.13. The number of nitrogens with zero attached hydrogens (tertiary/aromatic N) is 2. The molecule has 0 unspecified atom stereocenters. The van der Waals surface area contributed by atoms with E-state index in [-0.39, 0.29) is 17.2 Å². The highest BCUT2D eigenvalue weighted by Gasteiger charge is 2.12. The summed E-state index contributed by atoms with van der Waals surface area (Å²) >= 11 is 0. The van der Waals surface area contributed by atoms with Crippen molar-refractivity contribution < 1.29 is 10.0 Å². The number of nitrogens with two attached hydrogens (primary N) is 1. The molecule has 0 saturated heterocycles. The lowest BCUT2D eigenvalue weighted by atomic mass is 9.92. The van der Waals surface area contributed by atoms with Gasteiger partial charge in [-0.05, 0) is 24.0 Å². The largest absolute Gasteiger partial charge is 0.409 e. The topological polar surface area (TPSA) is 101 Å². The van der Waals surface area contributed by atoms with E-state index in [4.69, 9.17) is 10.9 Å². The normalized spacial score (nSPS) is 12.3.